The van der Waals surface area contributed by atoms with Gasteiger partial charge in [0.2, 0.25) is 5.91 Å². The Bertz CT molecular complexity index is 260. The maximum Gasteiger partial charge on any atom is 0.217 e. The molecule has 5 atom stereocenters. The summed E-state index contributed by atoms with van der Waals surface area (Å²) in [5, 5.41) is 30.8. The Hall–Kier alpha value is -0.690. The summed E-state index contributed by atoms with van der Waals surface area (Å²) < 4.78 is 5.60. The molecule has 6 nitrogen and oxygen atoms in total. The number of carbonyl (C=O) groups excluding carboxylic acids is 1. The minimum Gasteiger partial charge on any atom is -0.394 e. The lowest BCUT2D eigenvalue weighted by molar-refractivity contribution is -0.139. The van der Waals surface area contributed by atoms with Crippen LogP contribution in [0.4, 0.5) is 0 Å². The molecule has 1 heterocycles. The molecule has 0 aliphatic carbocycles. The zero-order valence-corrected chi connectivity index (χ0v) is 10.2. The van der Waals surface area contributed by atoms with Gasteiger partial charge in [0.15, 0.2) is 0 Å². The first-order chi connectivity index (χ1) is 7.93. The number of nitrogens with one attached hydrogen (secondary N) is 1. The third-order valence-electron chi connectivity index (χ3n) is 2.88. The van der Waals surface area contributed by atoms with Crippen LogP contribution >= 0.6 is 0 Å². The van der Waals surface area contributed by atoms with E-state index >= 15 is 0 Å². The van der Waals surface area contributed by atoms with E-state index in [0.29, 0.717) is 6.42 Å². The van der Waals surface area contributed by atoms with E-state index in [0.717, 1.165) is 0 Å². The van der Waals surface area contributed by atoms with Crippen molar-refractivity contribution in [2.75, 3.05) is 6.61 Å². The molecule has 0 radical (unpaired) electrons. The van der Waals surface area contributed by atoms with E-state index < -0.39 is 24.4 Å². The molecule has 0 aromatic rings. The summed E-state index contributed by atoms with van der Waals surface area (Å²) in [6.45, 7) is 2.83. The second-order valence-corrected chi connectivity index (χ2v) is 4.59. The predicted molar refractivity (Wildman–Crippen MR) is 60.3 cm³/mol. The lowest BCUT2D eigenvalue weighted by atomic mass is 9.92. The summed E-state index contributed by atoms with van der Waals surface area (Å²) >= 11 is 0. The Kier molecular flexibility index (Phi) is 5.32. The molecule has 1 amide bonds. The summed E-state index contributed by atoms with van der Waals surface area (Å²) in [7, 11) is 0. The molecular weight excluding hydrogens is 226 g/mol. The molecule has 1 saturated heterocycles. The van der Waals surface area contributed by atoms with Crippen LogP contribution in [0.2, 0.25) is 0 Å². The van der Waals surface area contributed by atoms with Crippen molar-refractivity contribution in [3.63, 3.8) is 0 Å². The molecule has 6 heteroatoms. The molecule has 1 fully saturated rings. The quantitative estimate of drug-likeness (QED) is 0.499. The first-order valence-corrected chi connectivity index (χ1v) is 5.83. The maximum atomic E-state index is 11.1. The van der Waals surface area contributed by atoms with Gasteiger partial charge in [-0.2, -0.15) is 0 Å². The molecule has 100 valence electrons. The van der Waals surface area contributed by atoms with Crippen molar-refractivity contribution in [1.29, 1.82) is 0 Å². The van der Waals surface area contributed by atoms with Crippen molar-refractivity contribution in [3.8, 4) is 0 Å². The monoisotopic (exact) mass is 247 g/mol. The van der Waals surface area contributed by atoms with Gasteiger partial charge in [-0.3, -0.25) is 4.79 Å². The fourth-order valence-corrected chi connectivity index (χ4v) is 2.14. The van der Waals surface area contributed by atoms with E-state index in [1.165, 1.54) is 6.92 Å². The molecule has 0 aromatic heterocycles. The van der Waals surface area contributed by atoms with Gasteiger partial charge in [0.05, 0.1) is 37.1 Å². The van der Waals surface area contributed by atoms with Gasteiger partial charge >= 0.3 is 0 Å². The molecule has 4 N–H and O–H groups in total. The zero-order valence-electron chi connectivity index (χ0n) is 10.2. The smallest absolute Gasteiger partial charge is 0.217 e. The van der Waals surface area contributed by atoms with Crippen molar-refractivity contribution >= 4 is 5.91 Å². The first-order valence-electron chi connectivity index (χ1n) is 5.83. The van der Waals surface area contributed by atoms with E-state index in [4.69, 9.17) is 9.84 Å². The molecule has 0 aromatic carbocycles. The zero-order chi connectivity index (χ0) is 13.0. The third kappa shape index (κ3) is 4.23. The van der Waals surface area contributed by atoms with Gasteiger partial charge in [-0.05, 0) is 6.92 Å². The number of rotatable bonds is 4. The number of ether oxygens (including phenoxy) is 1. The van der Waals surface area contributed by atoms with Crippen molar-refractivity contribution in [1.82, 2.24) is 5.32 Å². The highest BCUT2D eigenvalue weighted by atomic mass is 16.5. The molecule has 1 aliphatic rings. The van der Waals surface area contributed by atoms with Gasteiger partial charge in [-0.25, -0.2) is 0 Å². The number of amides is 1. The fourth-order valence-electron chi connectivity index (χ4n) is 2.14. The lowest BCUT2D eigenvalue weighted by Gasteiger charge is -2.39. The molecule has 17 heavy (non-hydrogen) atoms. The van der Waals surface area contributed by atoms with E-state index in [2.05, 4.69) is 5.32 Å². The second kappa shape index (κ2) is 6.30. The normalized spacial score (nSPS) is 35.4. The Morgan fingerprint density at radius 3 is 2.76 bits per heavy atom. The summed E-state index contributed by atoms with van der Waals surface area (Å²) in [5.41, 5.74) is 0. The predicted octanol–water partition coefficient (Wildman–Crippen LogP) is -1.23. The molecule has 0 saturated carbocycles. The van der Waals surface area contributed by atoms with Crippen LogP contribution in [0.5, 0.6) is 0 Å². The third-order valence-corrected chi connectivity index (χ3v) is 2.88. The molecule has 2 unspecified atom stereocenters. The van der Waals surface area contributed by atoms with E-state index in [9.17, 15) is 15.0 Å². The molecular formula is C11H21NO5. The summed E-state index contributed by atoms with van der Waals surface area (Å²) in [6, 6.07) is -0.537. The number of aliphatic hydroxyl groups is 3. The van der Waals surface area contributed by atoms with E-state index in [1.54, 1.807) is 0 Å². The number of hydrogen-bond donors (Lipinski definition) is 4. The van der Waals surface area contributed by atoms with Crippen LogP contribution in [-0.2, 0) is 9.53 Å². The van der Waals surface area contributed by atoms with Crippen LogP contribution in [0.1, 0.15) is 26.7 Å². The van der Waals surface area contributed by atoms with Crippen molar-refractivity contribution in [2.45, 2.75) is 57.1 Å². The van der Waals surface area contributed by atoms with Crippen molar-refractivity contribution < 1.29 is 24.9 Å². The van der Waals surface area contributed by atoms with Crippen molar-refractivity contribution in [3.05, 3.63) is 0 Å². The van der Waals surface area contributed by atoms with Crippen LogP contribution < -0.4 is 5.32 Å². The second-order valence-electron chi connectivity index (χ2n) is 4.59. The van der Waals surface area contributed by atoms with Gasteiger partial charge < -0.3 is 25.4 Å². The summed E-state index contributed by atoms with van der Waals surface area (Å²) in [4.78, 5) is 11.1. The van der Waals surface area contributed by atoms with Crippen LogP contribution in [0.25, 0.3) is 0 Å². The number of aliphatic hydroxyl groups excluding tert-OH is 3. The minimum atomic E-state index is -0.909. The fraction of sp³-hybridized carbons (Fsp3) is 0.909. The molecule has 1 aliphatic heterocycles. The molecule has 1 rings (SSSR count). The molecule has 0 bridgehead atoms. The summed E-state index contributed by atoms with van der Waals surface area (Å²) in [6.07, 6.45) is -1.60. The molecule has 0 spiro atoms. The topological polar surface area (TPSA) is 99.0 Å². The van der Waals surface area contributed by atoms with Gasteiger partial charge in [-0.1, -0.05) is 0 Å². The highest BCUT2D eigenvalue weighted by Crippen LogP contribution is 2.23. The average Bonchev–Trinajstić information content (AvgIpc) is 2.22. The Labute approximate surface area is 101 Å². The van der Waals surface area contributed by atoms with E-state index in [-0.39, 0.29) is 25.0 Å². The SMILES string of the molecule is CC(=O)N[C@@H]1C(O)C[C@H](C)OC1C[C@H](O)CO. The Balaban J connectivity index is 2.68. The standard InChI is InChI=1S/C11H21NO5/c1-6-3-9(16)11(12-7(2)14)10(17-6)4-8(15)5-13/h6,8-11,13,15-16H,3-5H2,1-2H3,(H,12,14)/t6-,8-,9?,10?,11+/m0/s1. The van der Waals surface area contributed by atoms with Crippen LogP contribution in [0.15, 0.2) is 0 Å². The minimum absolute atomic E-state index is 0.133. The van der Waals surface area contributed by atoms with Crippen LogP contribution in [0, 0.1) is 0 Å². The summed E-state index contributed by atoms with van der Waals surface area (Å²) in [5.74, 6) is -0.254. The Morgan fingerprint density at radius 2 is 2.24 bits per heavy atom. The van der Waals surface area contributed by atoms with Gasteiger partial charge in [0.1, 0.15) is 0 Å². The highest BCUT2D eigenvalue weighted by Gasteiger charge is 2.37. The van der Waals surface area contributed by atoms with Gasteiger partial charge in [-0.15, -0.1) is 0 Å². The lowest BCUT2D eigenvalue weighted by Crippen LogP contribution is -2.57. The maximum absolute atomic E-state index is 11.1. The average molecular weight is 247 g/mol. The van der Waals surface area contributed by atoms with Crippen molar-refractivity contribution in [2.24, 2.45) is 0 Å². The highest BCUT2D eigenvalue weighted by molar-refractivity contribution is 5.73. The van der Waals surface area contributed by atoms with E-state index in [1.807, 2.05) is 6.92 Å². The van der Waals surface area contributed by atoms with Gasteiger partial charge in [0, 0.05) is 19.8 Å². The van der Waals surface area contributed by atoms with Gasteiger partial charge in [0.25, 0.3) is 0 Å². The Morgan fingerprint density at radius 1 is 1.59 bits per heavy atom. The van der Waals surface area contributed by atoms with Crippen LogP contribution in [-0.4, -0.2) is 58.3 Å². The largest absolute Gasteiger partial charge is 0.394 e. The van der Waals surface area contributed by atoms with Crippen LogP contribution in [0.3, 0.4) is 0 Å². The number of carbonyl (C=O) groups is 1. The first kappa shape index (κ1) is 14.4. The number of hydrogen-bond acceptors (Lipinski definition) is 5.